The third-order valence-corrected chi connectivity index (χ3v) is 2.89. The number of urea groups is 1. The highest BCUT2D eigenvalue weighted by atomic mass is 16.2. The summed E-state index contributed by atoms with van der Waals surface area (Å²) >= 11 is 0. The largest absolute Gasteiger partial charge is 0.338 e. The molecule has 1 rings (SSSR count). The molecule has 0 aliphatic carbocycles. The van der Waals surface area contributed by atoms with Gasteiger partial charge in [-0.25, -0.2) is 4.79 Å². The quantitative estimate of drug-likeness (QED) is 0.754. The Morgan fingerprint density at radius 2 is 2.06 bits per heavy atom. The lowest BCUT2D eigenvalue weighted by Crippen LogP contribution is -2.38. The molecule has 1 aromatic heterocycles. The molecule has 0 spiro atoms. The number of pyridine rings is 1. The van der Waals surface area contributed by atoms with Crippen molar-refractivity contribution in [2.24, 2.45) is 0 Å². The van der Waals surface area contributed by atoms with Gasteiger partial charge in [-0.1, -0.05) is 19.8 Å². The van der Waals surface area contributed by atoms with Crippen LogP contribution >= 0.6 is 0 Å². The molecule has 4 heteroatoms. The van der Waals surface area contributed by atoms with Crippen LogP contribution in [0.1, 0.15) is 31.7 Å². The van der Waals surface area contributed by atoms with E-state index < -0.39 is 0 Å². The molecule has 1 aromatic rings. The molecule has 0 bridgehead atoms. The molecule has 100 valence electrons. The van der Waals surface area contributed by atoms with E-state index in [1.165, 1.54) is 18.4 Å². The summed E-state index contributed by atoms with van der Waals surface area (Å²) in [6, 6.07) is 3.97. The molecule has 0 atom stereocenters. The summed E-state index contributed by atoms with van der Waals surface area (Å²) in [6.07, 6.45) is 7.82. The van der Waals surface area contributed by atoms with Crippen LogP contribution in [0.5, 0.6) is 0 Å². The molecule has 18 heavy (non-hydrogen) atoms. The second kappa shape index (κ2) is 8.50. The Balaban J connectivity index is 2.19. The first-order valence-corrected chi connectivity index (χ1v) is 6.62. The maximum atomic E-state index is 11.7. The Morgan fingerprint density at radius 1 is 1.33 bits per heavy atom. The fraction of sp³-hybridized carbons (Fsp3) is 0.571. The average molecular weight is 249 g/mol. The maximum Gasteiger partial charge on any atom is 0.317 e. The lowest BCUT2D eigenvalue weighted by molar-refractivity contribution is 0.209. The highest BCUT2D eigenvalue weighted by Crippen LogP contribution is 1.99. The molecule has 2 amide bonds. The lowest BCUT2D eigenvalue weighted by Gasteiger charge is -2.17. The second-order valence-electron chi connectivity index (χ2n) is 4.47. The zero-order chi connectivity index (χ0) is 13.2. The second-order valence-corrected chi connectivity index (χ2v) is 4.47. The average Bonchev–Trinajstić information content (AvgIpc) is 2.42. The van der Waals surface area contributed by atoms with Crippen molar-refractivity contribution < 1.29 is 4.79 Å². The molecule has 0 fully saturated rings. The van der Waals surface area contributed by atoms with Crippen LogP contribution in [0.2, 0.25) is 0 Å². The minimum atomic E-state index is 0.0140. The van der Waals surface area contributed by atoms with Crippen molar-refractivity contribution in [3.8, 4) is 0 Å². The topological polar surface area (TPSA) is 45.2 Å². The van der Waals surface area contributed by atoms with Crippen molar-refractivity contribution in [3.05, 3.63) is 30.1 Å². The van der Waals surface area contributed by atoms with Crippen molar-refractivity contribution >= 4 is 6.03 Å². The standard InChI is InChI=1S/C14H23N3O/c1-3-4-5-9-16-14(18)17(2)12-8-13-6-10-15-11-7-13/h6-7,10-11H,3-5,8-9,12H2,1-2H3,(H,16,18). The number of hydrogen-bond acceptors (Lipinski definition) is 2. The molecule has 1 N–H and O–H groups in total. The Bertz CT molecular complexity index is 340. The summed E-state index contributed by atoms with van der Waals surface area (Å²) in [5.74, 6) is 0. The molecular formula is C14H23N3O. The molecule has 0 aliphatic heterocycles. The highest BCUT2D eigenvalue weighted by Gasteiger charge is 2.06. The van der Waals surface area contributed by atoms with Crippen LogP contribution in [0, 0.1) is 0 Å². The first-order chi connectivity index (χ1) is 8.74. The van der Waals surface area contributed by atoms with Crippen LogP contribution in [0.15, 0.2) is 24.5 Å². The van der Waals surface area contributed by atoms with Crippen molar-refractivity contribution in [3.63, 3.8) is 0 Å². The van der Waals surface area contributed by atoms with Crippen LogP contribution in [0.3, 0.4) is 0 Å². The molecule has 0 aliphatic rings. The van der Waals surface area contributed by atoms with E-state index in [-0.39, 0.29) is 6.03 Å². The van der Waals surface area contributed by atoms with Gasteiger partial charge in [0.1, 0.15) is 0 Å². The lowest BCUT2D eigenvalue weighted by atomic mass is 10.2. The molecule has 0 unspecified atom stereocenters. The van der Waals surface area contributed by atoms with Gasteiger partial charge in [-0.15, -0.1) is 0 Å². The molecule has 4 nitrogen and oxygen atoms in total. The minimum Gasteiger partial charge on any atom is -0.338 e. The zero-order valence-corrected chi connectivity index (χ0v) is 11.4. The van der Waals surface area contributed by atoms with Crippen LogP contribution in [0.25, 0.3) is 0 Å². The third-order valence-electron chi connectivity index (χ3n) is 2.89. The first kappa shape index (κ1) is 14.5. The van der Waals surface area contributed by atoms with Gasteiger partial charge >= 0.3 is 6.03 Å². The van der Waals surface area contributed by atoms with E-state index in [1.54, 1.807) is 17.3 Å². The summed E-state index contributed by atoms with van der Waals surface area (Å²) < 4.78 is 0. The van der Waals surface area contributed by atoms with E-state index in [9.17, 15) is 4.79 Å². The molecule has 1 heterocycles. The molecule has 0 aromatic carbocycles. The van der Waals surface area contributed by atoms with Gasteiger partial charge in [0.15, 0.2) is 0 Å². The number of carbonyl (C=O) groups is 1. The Hall–Kier alpha value is -1.58. The van der Waals surface area contributed by atoms with Crippen LogP contribution in [-0.2, 0) is 6.42 Å². The zero-order valence-electron chi connectivity index (χ0n) is 11.4. The van der Waals surface area contributed by atoms with Gasteiger partial charge < -0.3 is 10.2 Å². The van der Waals surface area contributed by atoms with E-state index in [0.29, 0.717) is 0 Å². The predicted molar refractivity (Wildman–Crippen MR) is 73.5 cm³/mol. The number of nitrogens with one attached hydrogen (secondary N) is 1. The van der Waals surface area contributed by atoms with E-state index in [1.807, 2.05) is 19.2 Å². The fourth-order valence-corrected chi connectivity index (χ4v) is 1.65. The smallest absolute Gasteiger partial charge is 0.317 e. The van der Waals surface area contributed by atoms with Gasteiger partial charge in [-0.3, -0.25) is 4.98 Å². The summed E-state index contributed by atoms with van der Waals surface area (Å²) in [6.45, 7) is 3.65. The van der Waals surface area contributed by atoms with Crippen molar-refractivity contribution in [1.82, 2.24) is 15.2 Å². The number of nitrogens with zero attached hydrogens (tertiary/aromatic N) is 2. The summed E-state index contributed by atoms with van der Waals surface area (Å²) in [5, 5.41) is 2.93. The molecule has 0 radical (unpaired) electrons. The van der Waals surface area contributed by atoms with Crippen molar-refractivity contribution in [1.29, 1.82) is 0 Å². The number of rotatable bonds is 7. The summed E-state index contributed by atoms with van der Waals surface area (Å²) in [4.78, 5) is 17.4. The monoisotopic (exact) mass is 249 g/mol. The highest BCUT2D eigenvalue weighted by molar-refractivity contribution is 5.73. The van der Waals surface area contributed by atoms with E-state index in [4.69, 9.17) is 0 Å². The molecular weight excluding hydrogens is 226 g/mol. The van der Waals surface area contributed by atoms with Gasteiger partial charge in [0, 0.05) is 32.5 Å². The number of carbonyl (C=O) groups excluding carboxylic acids is 1. The van der Waals surface area contributed by atoms with Crippen molar-refractivity contribution in [2.75, 3.05) is 20.1 Å². The van der Waals surface area contributed by atoms with Gasteiger partial charge in [0.05, 0.1) is 0 Å². The number of likely N-dealkylation sites (N-methyl/N-ethyl adjacent to an activating group) is 1. The number of aromatic nitrogens is 1. The van der Waals surface area contributed by atoms with Crippen LogP contribution in [0.4, 0.5) is 4.79 Å². The van der Waals surface area contributed by atoms with Crippen molar-refractivity contribution in [2.45, 2.75) is 32.6 Å². The molecule has 0 saturated carbocycles. The fourth-order valence-electron chi connectivity index (χ4n) is 1.65. The Morgan fingerprint density at radius 3 is 2.72 bits per heavy atom. The van der Waals surface area contributed by atoms with Gasteiger partial charge in [-0.2, -0.15) is 0 Å². The van der Waals surface area contributed by atoms with Crippen LogP contribution < -0.4 is 5.32 Å². The van der Waals surface area contributed by atoms with Gasteiger partial charge in [-0.05, 0) is 30.5 Å². The first-order valence-electron chi connectivity index (χ1n) is 6.62. The van der Waals surface area contributed by atoms with E-state index in [0.717, 1.165) is 25.9 Å². The van der Waals surface area contributed by atoms with E-state index in [2.05, 4.69) is 17.2 Å². The number of hydrogen-bond donors (Lipinski definition) is 1. The predicted octanol–water partition coefficient (Wildman–Crippen LogP) is 2.46. The number of unbranched alkanes of at least 4 members (excludes halogenated alkanes) is 2. The van der Waals surface area contributed by atoms with Gasteiger partial charge in [0.25, 0.3) is 0 Å². The minimum absolute atomic E-state index is 0.0140. The summed E-state index contributed by atoms with van der Waals surface area (Å²) in [7, 11) is 1.83. The van der Waals surface area contributed by atoms with Gasteiger partial charge in [0.2, 0.25) is 0 Å². The van der Waals surface area contributed by atoms with Crippen LogP contribution in [-0.4, -0.2) is 36.1 Å². The third kappa shape index (κ3) is 5.66. The Labute approximate surface area is 109 Å². The maximum absolute atomic E-state index is 11.7. The number of amides is 2. The SMILES string of the molecule is CCCCCNC(=O)N(C)CCc1ccncc1. The normalized spacial score (nSPS) is 10.1. The molecule has 0 saturated heterocycles. The summed E-state index contributed by atoms with van der Waals surface area (Å²) in [5.41, 5.74) is 1.20. The van der Waals surface area contributed by atoms with E-state index >= 15 is 0 Å². The Kier molecular flexibility index (Phi) is 6.84.